The van der Waals surface area contributed by atoms with E-state index in [1.54, 1.807) is 6.20 Å². The van der Waals surface area contributed by atoms with Crippen molar-refractivity contribution in [2.75, 3.05) is 18.0 Å². The highest BCUT2D eigenvalue weighted by atomic mass is 16.1. The number of hydrogen-bond donors (Lipinski definition) is 0. The molecular formula is C13H18N2O. The summed E-state index contributed by atoms with van der Waals surface area (Å²) in [6.45, 7) is 6.06. The van der Waals surface area contributed by atoms with E-state index >= 15 is 0 Å². The molecule has 1 fully saturated rings. The fourth-order valence-corrected chi connectivity index (χ4v) is 2.14. The van der Waals surface area contributed by atoms with E-state index in [9.17, 15) is 4.79 Å². The maximum absolute atomic E-state index is 11.6. The molecule has 0 saturated carbocycles. The lowest BCUT2D eigenvalue weighted by molar-refractivity contribution is 0.0987. The van der Waals surface area contributed by atoms with Crippen molar-refractivity contribution in [1.29, 1.82) is 0 Å². The Bertz CT molecular complexity index is 395. The van der Waals surface area contributed by atoms with Crippen LogP contribution < -0.4 is 4.90 Å². The first kappa shape index (κ1) is 11.1. The summed E-state index contributed by atoms with van der Waals surface area (Å²) in [6, 6.07) is 2.04. The fraction of sp³-hybridized carbons (Fsp3) is 0.538. The summed E-state index contributed by atoms with van der Waals surface area (Å²) in [7, 11) is 0. The molecule has 1 aromatic rings. The molecule has 3 nitrogen and oxygen atoms in total. The molecule has 0 atom stereocenters. The van der Waals surface area contributed by atoms with Gasteiger partial charge in [0.2, 0.25) is 0 Å². The van der Waals surface area contributed by atoms with Crippen molar-refractivity contribution < 1.29 is 4.79 Å². The minimum absolute atomic E-state index is 0.179. The normalized spacial score (nSPS) is 15.5. The van der Waals surface area contributed by atoms with Crippen LogP contribution in [-0.2, 0) is 0 Å². The van der Waals surface area contributed by atoms with Gasteiger partial charge in [0.25, 0.3) is 0 Å². The summed E-state index contributed by atoms with van der Waals surface area (Å²) in [5.41, 5.74) is 1.81. The van der Waals surface area contributed by atoms with Crippen LogP contribution in [0.25, 0.3) is 0 Å². The van der Waals surface area contributed by atoms with Gasteiger partial charge in [-0.1, -0.05) is 6.92 Å². The number of pyridine rings is 1. The zero-order chi connectivity index (χ0) is 11.5. The van der Waals surface area contributed by atoms with Crippen LogP contribution in [0, 0.1) is 6.92 Å². The van der Waals surface area contributed by atoms with Crippen molar-refractivity contribution in [2.45, 2.75) is 33.1 Å². The topological polar surface area (TPSA) is 33.2 Å². The van der Waals surface area contributed by atoms with Crippen molar-refractivity contribution in [3.8, 4) is 0 Å². The molecule has 0 bridgehead atoms. The number of Topliss-reactive ketones (excluding diaryl/α,β-unsaturated/α-hetero) is 1. The molecule has 1 aromatic heterocycles. The van der Waals surface area contributed by atoms with Gasteiger partial charge in [0.05, 0.1) is 0 Å². The number of carbonyl (C=O) groups excluding carboxylic acids is 1. The molecule has 0 spiro atoms. The van der Waals surface area contributed by atoms with Crippen molar-refractivity contribution in [3.05, 3.63) is 23.4 Å². The molecule has 0 aromatic carbocycles. The molecule has 16 heavy (non-hydrogen) atoms. The molecule has 0 radical (unpaired) electrons. The second-order valence-corrected chi connectivity index (χ2v) is 4.33. The zero-order valence-corrected chi connectivity index (χ0v) is 9.99. The first-order valence-electron chi connectivity index (χ1n) is 5.97. The average Bonchev–Trinajstić information content (AvgIpc) is 2.81. The summed E-state index contributed by atoms with van der Waals surface area (Å²) in [4.78, 5) is 18.3. The number of anilines is 1. The molecule has 0 amide bonds. The molecule has 0 N–H and O–H groups in total. The molecule has 2 heterocycles. The third-order valence-corrected chi connectivity index (χ3v) is 3.15. The second-order valence-electron chi connectivity index (χ2n) is 4.33. The van der Waals surface area contributed by atoms with Crippen LogP contribution >= 0.6 is 0 Å². The van der Waals surface area contributed by atoms with Gasteiger partial charge in [-0.3, -0.25) is 4.79 Å². The SMILES string of the molecule is CCC(=O)c1cnc(N2CCCC2)cc1C. The monoisotopic (exact) mass is 218 g/mol. The van der Waals surface area contributed by atoms with Crippen LogP contribution in [0.5, 0.6) is 0 Å². The van der Waals surface area contributed by atoms with E-state index in [1.165, 1.54) is 12.8 Å². The first-order valence-corrected chi connectivity index (χ1v) is 5.97. The summed E-state index contributed by atoms with van der Waals surface area (Å²) in [5.74, 6) is 1.20. The molecule has 1 aliphatic rings. The van der Waals surface area contributed by atoms with Gasteiger partial charge in [0.15, 0.2) is 5.78 Å². The molecule has 3 heteroatoms. The van der Waals surface area contributed by atoms with Gasteiger partial charge in [0, 0.05) is 31.3 Å². The van der Waals surface area contributed by atoms with E-state index in [0.29, 0.717) is 6.42 Å². The van der Waals surface area contributed by atoms with Gasteiger partial charge in [-0.05, 0) is 31.4 Å². The smallest absolute Gasteiger partial charge is 0.164 e. The summed E-state index contributed by atoms with van der Waals surface area (Å²) in [5, 5.41) is 0. The number of hydrogen-bond acceptors (Lipinski definition) is 3. The Kier molecular flexibility index (Phi) is 3.22. The largest absolute Gasteiger partial charge is 0.357 e. The van der Waals surface area contributed by atoms with Gasteiger partial charge in [-0.15, -0.1) is 0 Å². The molecule has 1 saturated heterocycles. The third kappa shape index (κ3) is 2.08. The van der Waals surface area contributed by atoms with Crippen LogP contribution in [0.4, 0.5) is 5.82 Å². The van der Waals surface area contributed by atoms with Crippen molar-refractivity contribution >= 4 is 11.6 Å². The van der Waals surface area contributed by atoms with Crippen molar-refractivity contribution in [1.82, 2.24) is 4.98 Å². The first-order chi connectivity index (χ1) is 7.72. The minimum Gasteiger partial charge on any atom is -0.357 e. The molecule has 2 rings (SSSR count). The minimum atomic E-state index is 0.179. The predicted molar refractivity (Wildman–Crippen MR) is 65.0 cm³/mol. The lowest BCUT2D eigenvalue weighted by Gasteiger charge is -2.17. The Morgan fingerprint density at radius 1 is 1.44 bits per heavy atom. The predicted octanol–water partition coefficient (Wildman–Crippen LogP) is 2.58. The van der Waals surface area contributed by atoms with Gasteiger partial charge in [-0.2, -0.15) is 0 Å². The lowest BCUT2D eigenvalue weighted by atomic mass is 10.1. The van der Waals surface area contributed by atoms with Crippen LogP contribution in [0.3, 0.4) is 0 Å². The Morgan fingerprint density at radius 3 is 2.69 bits per heavy atom. The van der Waals surface area contributed by atoms with E-state index in [-0.39, 0.29) is 5.78 Å². The van der Waals surface area contributed by atoms with Crippen LogP contribution in [-0.4, -0.2) is 23.9 Å². The maximum atomic E-state index is 11.6. The summed E-state index contributed by atoms with van der Waals surface area (Å²) in [6.07, 6.45) is 4.77. The Balaban J connectivity index is 2.25. The van der Waals surface area contributed by atoms with E-state index in [1.807, 2.05) is 19.9 Å². The van der Waals surface area contributed by atoms with Gasteiger partial charge in [0.1, 0.15) is 5.82 Å². The number of ketones is 1. The van der Waals surface area contributed by atoms with Crippen molar-refractivity contribution in [2.24, 2.45) is 0 Å². The molecule has 86 valence electrons. The van der Waals surface area contributed by atoms with E-state index in [4.69, 9.17) is 0 Å². The van der Waals surface area contributed by atoms with Gasteiger partial charge in [-0.25, -0.2) is 4.98 Å². The Hall–Kier alpha value is -1.38. The number of nitrogens with zero attached hydrogens (tertiary/aromatic N) is 2. The second kappa shape index (κ2) is 4.64. The highest BCUT2D eigenvalue weighted by Gasteiger charge is 2.15. The van der Waals surface area contributed by atoms with E-state index in [0.717, 1.165) is 30.0 Å². The quantitative estimate of drug-likeness (QED) is 0.731. The van der Waals surface area contributed by atoms with E-state index in [2.05, 4.69) is 9.88 Å². The van der Waals surface area contributed by atoms with Crippen molar-refractivity contribution in [3.63, 3.8) is 0 Å². The van der Waals surface area contributed by atoms with Crippen LogP contribution in [0.2, 0.25) is 0 Å². The number of aryl methyl sites for hydroxylation is 1. The third-order valence-electron chi connectivity index (χ3n) is 3.15. The van der Waals surface area contributed by atoms with Gasteiger partial charge < -0.3 is 4.90 Å². The standard InChI is InChI=1S/C13H18N2O/c1-3-12(16)11-9-14-13(8-10(11)2)15-6-4-5-7-15/h8-9H,3-7H2,1-2H3. The lowest BCUT2D eigenvalue weighted by Crippen LogP contribution is -2.19. The summed E-state index contributed by atoms with van der Waals surface area (Å²) >= 11 is 0. The number of carbonyl (C=O) groups is 1. The Morgan fingerprint density at radius 2 is 2.12 bits per heavy atom. The fourth-order valence-electron chi connectivity index (χ4n) is 2.14. The van der Waals surface area contributed by atoms with Crippen LogP contribution in [0.1, 0.15) is 42.1 Å². The maximum Gasteiger partial charge on any atom is 0.164 e. The van der Waals surface area contributed by atoms with Crippen LogP contribution in [0.15, 0.2) is 12.3 Å². The highest BCUT2D eigenvalue weighted by molar-refractivity contribution is 5.97. The Labute approximate surface area is 96.5 Å². The van der Waals surface area contributed by atoms with Gasteiger partial charge >= 0.3 is 0 Å². The highest BCUT2D eigenvalue weighted by Crippen LogP contribution is 2.20. The number of rotatable bonds is 3. The summed E-state index contributed by atoms with van der Waals surface area (Å²) < 4.78 is 0. The average molecular weight is 218 g/mol. The van der Waals surface area contributed by atoms with E-state index < -0.39 is 0 Å². The zero-order valence-electron chi connectivity index (χ0n) is 9.99. The number of aromatic nitrogens is 1. The molecule has 0 unspecified atom stereocenters. The molecule has 1 aliphatic heterocycles. The molecular weight excluding hydrogens is 200 g/mol. The molecule has 0 aliphatic carbocycles.